The zero-order valence-electron chi connectivity index (χ0n) is 10.0. The predicted molar refractivity (Wildman–Crippen MR) is 69.6 cm³/mol. The molecule has 1 aromatic carbocycles. The van der Waals surface area contributed by atoms with Crippen LogP contribution in [0.5, 0.6) is 0 Å². The van der Waals surface area contributed by atoms with Crippen molar-refractivity contribution in [3.8, 4) is 0 Å². The standard InChI is InChI=1S/C13H17ClN2O/c1-10-3-4-11(9-12(10)14)13(17)16-7-2-5-15-6-8-16/h3-4,9,15H,2,5-8H2,1H3. The fraction of sp³-hybridized carbons (Fsp3) is 0.462. The summed E-state index contributed by atoms with van der Waals surface area (Å²) in [5.74, 6) is 0.0793. The van der Waals surface area contributed by atoms with Crippen molar-refractivity contribution in [2.45, 2.75) is 13.3 Å². The Morgan fingerprint density at radius 2 is 2.18 bits per heavy atom. The molecular weight excluding hydrogens is 236 g/mol. The second-order valence-electron chi connectivity index (χ2n) is 4.36. The predicted octanol–water partition coefficient (Wildman–Crippen LogP) is 2.08. The molecule has 0 unspecified atom stereocenters. The highest BCUT2D eigenvalue weighted by Crippen LogP contribution is 2.18. The summed E-state index contributed by atoms with van der Waals surface area (Å²) in [5.41, 5.74) is 1.68. The van der Waals surface area contributed by atoms with Crippen LogP contribution >= 0.6 is 11.6 Å². The Hall–Kier alpha value is -1.06. The molecule has 4 heteroatoms. The third-order valence-electron chi connectivity index (χ3n) is 3.05. The molecule has 3 nitrogen and oxygen atoms in total. The molecule has 1 fully saturated rings. The summed E-state index contributed by atoms with van der Waals surface area (Å²) >= 11 is 6.05. The van der Waals surface area contributed by atoms with Crippen LogP contribution < -0.4 is 5.32 Å². The zero-order chi connectivity index (χ0) is 12.3. The third-order valence-corrected chi connectivity index (χ3v) is 3.45. The number of benzene rings is 1. The highest BCUT2D eigenvalue weighted by molar-refractivity contribution is 6.31. The SMILES string of the molecule is Cc1ccc(C(=O)N2CCCNCC2)cc1Cl. The van der Waals surface area contributed by atoms with E-state index in [1.54, 1.807) is 6.07 Å². The summed E-state index contributed by atoms with van der Waals surface area (Å²) in [4.78, 5) is 14.1. The van der Waals surface area contributed by atoms with Gasteiger partial charge in [0.2, 0.25) is 0 Å². The number of aryl methyl sites for hydroxylation is 1. The highest BCUT2D eigenvalue weighted by atomic mass is 35.5. The van der Waals surface area contributed by atoms with Gasteiger partial charge in [-0.15, -0.1) is 0 Å². The van der Waals surface area contributed by atoms with E-state index in [0.717, 1.165) is 38.2 Å². The van der Waals surface area contributed by atoms with Crippen LogP contribution in [0.1, 0.15) is 22.3 Å². The number of carbonyl (C=O) groups is 1. The normalized spacial score (nSPS) is 16.7. The Balaban J connectivity index is 2.14. The lowest BCUT2D eigenvalue weighted by Gasteiger charge is -2.20. The van der Waals surface area contributed by atoms with Crippen molar-refractivity contribution in [2.24, 2.45) is 0 Å². The van der Waals surface area contributed by atoms with Crippen LogP contribution in [-0.4, -0.2) is 37.0 Å². The molecule has 0 radical (unpaired) electrons. The molecule has 1 N–H and O–H groups in total. The van der Waals surface area contributed by atoms with Gasteiger partial charge in [0.25, 0.3) is 5.91 Å². The van der Waals surface area contributed by atoms with Crippen molar-refractivity contribution in [1.29, 1.82) is 0 Å². The van der Waals surface area contributed by atoms with E-state index in [0.29, 0.717) is 10.6 Å². The van der Waals surface area contributed by atoms with Gasteiger partial charge in [-0.1, -0.05) is 17.7 Å². The van der Waals surface area contributed by atoms with Gasteiger partial charge in [-0.25, -0.2) is 0 Å². The second kappa shape index (κ2) is 5.52. The molecule has 0 aliphatic carbocycles. The Kier molecular flexibility index (Phi) is 4.02. The van der Waals surface area contributed by atoms with Gasteiger partial charge in [0.1, 0.15) is 0 Å². The third kappa shape index (κ3) is 2.99. The monoisotopic (exact) mass is 252 g/mol. The largest absolute Gasteiger partial charge is 0.337 e. The minimum Gasteiger partial charge on any atom is -0.337 e. The van der Waals surface area contributed by atoms with Crippen LogP contribution in [0.2, 0.25) is 5.02 Å². The first kappa shape index (κ1) is 12.4. The number of hydrogen-bond donors (Lipinski definition) is 1. The molecular formula is C13H17ClN2O. The van der Waals surface area contributed by atoms with Crippen molar-refractivity contribution in [3.05, 3.63) is 34.3 Å². The summed E-state index contributed by atoms with van der Waals surface area (Å²) in [6.07, 6.45) is 1.01. The van der Waals surface area contributed by atoms with E-state index in [4.69, 9.17) is 11.6 Å². The van der Waals surface area contributed by atoms with Gasteiger partial charge in [-0.3, -0.25) is 4.79 Å². The van der Waals surface area contributed by atoms with Crippen molar-refractivity contribution in [1.82, 2.24) is 10.2 Å². The van der Waals surface area contributed by atoms with Crippen LogP contribution in [0.25, 0.3) is 0 Å². The molecule has 1 aliphatic rings. The van der Waals surface area contributed by atoms with Gasteiger partial charge < -0.3 is 10.2 Å². The van der Waals surface area contributed by atoms with E-state index in [1.807, 2.05) is 24.0 Å². The van der Waals surface area contributed by atoms with E-state index < -0.39 is 0 Å². The molecule has 0 atom stereocenters. The van der Waals surface area contributed by atoms with E-state index in [-0.39, 0.29) is 5.91 Å². The quantitative estimate of drug-likeness (QED) is 0.830. The Labute approximate surface area is 107 Å². The number of halogens is 1. The Bertz CT molecular complexity index is 412. The fourth-order valence-electron chi connectivity index (χ4n) is 1.96. The maximum Gasteiger partial charge on any atom is 0.253 e. The summed E-state index contributed by atoms with van der Waals surface area (Å²) in [6.45, 7) is 5.37. The number of rotatable bonds is 1. The van der Waals surface area contributed by atoms with Gasteiger partial charge in [0.05, 0.1) is 0 Å². The molecule has 1 aliphatic heterocycles. The van der Waals surface area contributed by atoms with Gasteiger partial charge in [-0.05, 0) is 37.6 Å². The number of amides is 1. The van der Waals surface area contributed by atoms with Crippen molar-refractivity contribution >= 4 is 17.5 Å². The molecule has 1 amide bonds. The van der Waals surface area contributed by atoms with E-state index in [2.05, 4.69) is 5.32 Å². The topological polar surface area (TPSA) is 32.3 Å². The molecule has 0 bridgehead atoms. The summed E-state index contributed by atoms with van der Waals surface area (Å²) < 4.78 is 0. The zero-order valence-corrected chi connectivity index (χ0v) is 10.8. The van der Waals surface area contributed by atoms with E-state index in [9.17, 15) is 4.79 Å². The van der Waals surface area contributed by atoms with Gasteiger partial charge >= 0.3 is 0 Å². The molecule has 0 aromatic heterocycles. The van der Waals surface area contributed by atoms with Crippen LogP contribution in [0.4, 0.5) is 0 Å². The first-order chi connectivity index (χ1) is 8.18. The molecule has 92 valence electrons. The second-order valence-corrected chi connectivity index (χ2v) is 4.77. The minimum absolute atomic E-state index is 0.0793. The number of carbonyl (C=O) groups excluding carboxylic acids is 1. The van der Waals surface area contributed by atoms with Crippen LogP contribution in [0.15, 0.2) is 18.2 Å². The number of nitrogens with one attached hydrogen (secondary N) is 1. The molecule has 17 heavy (non-hydrogen) atoms. The summed E-state index contributed by atoms with van der Waals surface area (Å²) in [6, 6.07) is 5.51. The molecule has 1 heterocycles. The molecule has 1 aromatic rings. The van der Waals surface area contributed by atoms with Gasteiger partial charge in [-0.2, -0.15) is 0 Å². The summed E-state index contributed by atoms with van der Waals surface area (Å²) in [7, 11) is 0. The van der Waals surface area contributed by atoms with Crippen molar-refractivity contribution in [2.75, 3.05) is 26.2 Å². The fourth-order valence-corrected chi connectivity index (χ4v) is 2.14. The van der Waals surface area contributed by atoms with E-state index in [1.165, 1.54) is 0 Å². The van der Waals surface area contributed by atoms with Gasteiger partial charge in [0.15, 0.2) is 0 Å². The molecule has 1 saturated heterocycles. The van der Waals surface area contributed by atoms with Crippen LogP contribution in [0, 0.1) is 6.92 Å². The van der Waals surface area contributed by atoms with Crippen LogP contribution in [0.3, 0.4) is 0 Å². The first-order valence-corrected chi connectivity index (χ1v) is 6.32. The number of hydrogen-bond acceptors (Lipinski definition) is 2. The highest BCUT2D eigenvalue weighted by Gasteiger charge is 2.17. The molecule has 0 saturated carbocycles. The van der Waals surface area contributed by atoms with Crippen molar-refractivity contribution < 1.29 is 4.79 Å². The maximum atomic E-state index is 12.3. The summed E-state index contributed by atoms with van der Waals surface area (Å²) in [5, 5.41) is 3.94. The lowest BCUT2D eigenvalue weighted by molar-refractivity contribution is 0.0766. The van der Waals surface area contributed by atoms with Crippen LogP contribution in [-0.2, 0) is 0 Å². The lowest BCUT2D eigenvalue weighted by atomic mass is 10.1. The average molecular weight is 253 g/mol. The van der Waals surface area contributed by atoms with Gasteiger partial charge in [0, 0.05) is 30.2 Å². The van der Waals surface area contributed by atoms with E-state index >= 15 is 0 Å². The average Bonchev–Trinajstić information content (AvgIpc) is 2.60. The first-order valence-electron chi connectivity index (χ1n) is 5.94. The molecule has 0 spiro atoms. The lowest BCUT2D eigenvalue weighted by Crippen LogP contribution is -2.34. The van der Waals surface area contributed by atoms with Crippen molar-refractivity contribution in [3.63, 3.8) is 0 Å². The minimum atomic E-state index is 0.0793. The Morgan fingerprint density at radius 3 is 2.94 bits per heavy atom. The maximum absolute atomic E-state index is 12.3. The number of nitrogens with zero attached hydrogens (tertiary/aromatic N) is 1. The molecule has 2 rings (SSSR count). The Morgan fingerprint density at radius 1 is 1.35 bits per heavy atom. The smallest absolute Gasteiger partial charge is 0.253 e.